The molecule has 1 rings (SSSR count). The van der Waals surface area contributed by atoms with Gasteiger partial charge in [0.25, 0.3) is 10.1 Å². The van der Waals surface area contributed by atoms with Crippen molar-refractivity contribution in [1.29, 1.82) is 0 Å². The van der Waals surface area contributed by atoms with E-state index in [0.717, 1.165) is 24.3 Å². The van der Waals surface area contributed by atoms with E-state index in [4.69, 9.17) is 14.3 Å². The fraction of sp³-hybridized carbons (Fsp3) is 0. The lowest BCUT2D eigenvalue weighted by molar-refractivity contribution is 0.283. The van der Waals surface area contributed by atoms with Crippen molar-refractivity contribution in [3.63, 3.8) is 0 Å². The highest BCUT2D eigenvalue weighted by Gasteiger charge is 2.16. The second-order valence-electron chi connectivity index (χ2n) is 2.53. The van der Waals surface area contributed by atoms with Crippen LogP contribution in [0.15, 0.2) is 29.2 Å². The van der Waals surface area contributed by atoms with E-state index in [1.54, 1.807) is 0 Å². The average molecular weight is 254 g/mol. The number of rotatable bonds is 3. The molecule has 7 nitrogen and oxygen atoms in total. The average Bonchev–Trinajstić information content (AvgIpc) is 2.00. The molecular weight excluding hydrogens is 247 g/mol. The predicted molar refractivity (Wildman–Crippen MR) is 48.9 cm³/mol. The van der Waals surface area contributed by atoms with Crippen LogP contribution in [0.4, 0.5) is 0 Å². The van der Waals surface area contributed by atoms with Gasteiger partial charge in [0.1, 0.15) is 5.75 Å². The van der Waals surface area contributed by atoms with Crippen LogP contribution in [-0.4, -0.2) is 22.8 Å². The molecule has 0 fully saturated rings. The molecule has 1 aromatic carbocycles. The van der Waals surface area contributed by atoms with Gasteiger partial charge in [-0.15, -0.1) is 0 Å². The van der Waals surface area contributed by atoms with E-state index in [9.17, 15) is 13.0 Å². The van der Waals surface area contributed by atoms with Crippen LogP contribution in [-0.2, 0) is 14.7 Å². The van der Waals surface area contributed by atoms with Gasteiger partial charge in [-0.05, 0) is 24.3 Å². The molecule has 0 heterocycles. The zero-order chi connectivity index (χ0) is 11.7. The molecule has 0 bridgehead atoms. The molecule has 0 aliphatic rings. The zero-order valence-electron chi connectivity index (χ0n) is 7.14. The van der Waals surface area contributed by atoms with E-state index in [-0.39, 0.29) is 10.6 Å². The molecule has 0 aliphatic heterocycles. The first kappa shape index (κ1) is 12.2. The number of benzene rings is 1. The van der Waals surface area contributed by atoms with E-state index in [1.807, 2.05) is 0 Å². The number of hydrogen-bond donors (Lipinski definition) is 3. The Balaban J connectivity index is 2.97. The van der Waals surface area contributed by atoms with E-state index in [2.05, 4.69) is 4.52 Å². The Kier molecular flexibility index (Phi) is 3.17. The third-order valence-electron chi connectivity index (χ3n) is 1.35. The van der Waals surface area contributed by atoms with E-state index in [0.29, 0.717) is 0 Å². The lowest BCUT2D eigenvalue weighted by Crippen LogP contribution is -1.97. The second-order valence-corrected chi connectivity index (χ2v) is 5.11. The van der Waals surface area contributed by atoms with Crippen molar-refractivity contribution in [2.45, 2.75) is 4.90 Å². The van der Waals surface area contributed by atoms with E-state index >= 15 is 0 Å². The second kappa shape index (κ2) is 3.92. The fourth-order valence-corrected chi connectivity index (χ4v) is 1.69. The van der Waals surface area contributed by atoms with Crippen LogP contribution >= 0.6 is 7.82 Å². The minimum Gasteiger partial charge on any atom is -0.404 e. The molecule has 15 heavy (non-hydrogen) atoms. The fourth-order valence-electron chi connectivity index (χ4n) is 0.810. The summed E-state index contributed by atoms with van der Waals surface area (Å²) in [5, 5.41) is 0. The third-order valence-corrected chi connectivity index (χ3v) is 2.66. The van der Waals surface area contributed by atoms with Gasteiger partial charge in [-0.25, -0.2) is 4.57 Å². The summed E-state index contributed by atoms with van der Waals surface area (Å²) < 4.78 is 44.3. The molecular formula is C6H7O7PS. The van der Waals surface area contributed by atoms with Gasteiger partial charge in [0, 0.05) is 0 Å². The van der Waals surface area contributed by atoms with Gasteiger partial charge in [-0.1, -0.05) is 0 Å². The maximum absolute atomic E-state index is 10.6. The summed E-state index contributed by atoms with van der Waals surface area (Å²) in [6, 6.07) is 3.95. The SMILES string of the molecule is O=P(O)(O)Oc1ccc(S(=O)(=O)O)cc1. The Morgan fingerprint density at radius 3 is 1.93 bits per heavy atom. The molecule has 0 spiro atoms. The van der Waals surface area contributed by atoms with Gasteiger partial charge >= 0.3 is 7.82 Å². The highest BCUT2D eigenvalue weighted by Crippen LogP contribution is 2.37. The summed E-state index contributed by atoms with van der Waals surface area (Å²) in [6.45, 7) is 0. The summed E-state index contributed by atoms with van der Waals surface area (Å²) in [6.07, 6.45) is 0. The normalized spacial score (nSPS) is 12.5. The van der Waals surface area contributed by atoms with Crippen molar-refractivity contribution in [2.75, 3.05) is 0 Å². The van der Waals surface area contributed by atoms with Gasteiger partial charge < -0.3 is 4.52 Å². The highest BCUT2D eigenvalue weighted by molar-refractivity contribution is 7.85. The first-order chi connectivity index (χ1) is 6.68. The standard InChI is InChI=1S/C6H7O7PS/c7-14(8,9)13-5-1-3-6(4-2-5)15(10,11)12/h1-4H,(H2,7,8,9)(H,10,11,12). The number of hydrogen-bond acceptors (Lipinski definition) is 4. The molecule has 9 heteroatoms. The first-order valence-electron chi connectivity index (χ1n) is 3.51. The molecule has 0 amide bonds. The zero-order valence-corrected chi connectivity index (χ0v) is 8.85. The van der Waals surface area contributed by atoms with E-state index in [1.165, 1.54) is 0 Å². The summed E-state index contributed by atoms with van der Waals surface area (Å²) >= 11 is 0. The molecule has 84 valence electrons. The molecule has 0 aromatic heterocycles. The maximum Gasteiger partial charge on any atom is 0.524 e. The molecule has 0 aliphatic carbocycles. The van der Waals surface area contributed by atoms with Crippen molar-refractivity contribution in [1.82, 2.24) is 0 Å². The Morgan fingerprint density at radius 2 is 1.60 bits per heavy atom. The first-order valence-corrected chi connectivity index (χ1v) is 6.48. The summed E-state index contributed by atoms with van der Waals surface area (Å²) in [4.78, 5) is 16.5. The molecule has 1 aromatic rings. The smallest absolute Gasteiger partial charge is 0.404 e. The van der Waals surface area contributed by atoms with Crippen molar-refractivity contribution in [3.05, 3.63) is 24.3 Å². The van der Waals surface area contributed by atoms with Crippen molar-refractivity contribution in [3.8, 4) is 5.75 Å². The van der Waals surface area contributed by atoms with E-state index < -0.39 is 17.9 Å². The van der Waals surface area contributed by atoms with Gasteiger partial charge in [0.2, 0.25) is 0 Å². The quantitative estimate of drug-likeness (QED) is 0.527. The largest absolute Gasteiger partial charge is 0.524 e. The Bertz CT molecular complexity index is 485. The molecule has 3 N–H and O–H groups in total. The summed E-state index contributed by atoms with van der Waals surface area (Å²) in [5.41, 5.74) is 0. The van der Waals surface area contributed by atoms with Crippen LogP contribution < -0.4 is 4.52 Å². The van der Waals surface area contributed by atoms with Crippen molar-refractivity contribution in [2.24, 2.45) is 0 Å². The maximum atomic E-state index is 10.6. The minimum atomic E-state index is -4.66. The van der Waals surface area contributed by atoms with Gasteiger partial charge in [0.15, 0.2) is 0 Å². The number of phosphoric ester groups is 1. The van der Waals surface area contributed by atoms with Crippen LogP contribution in [0, 0.1) is 0 Å². The third kappa shape index (κ3) is 3.98. The lowest BCUT2D eigenvalue weighted by atomic mass is 10.3. The monoisotopic (exact) mass is 254 g/mol. The topological polar surface area (TPSA) is 121 Å². The van der Waals surface area contributed by atoms with Gasteiger partial charge in [-0.2, -0.15) is 8.42 Å². The molecule has 0 saturated heterocycles. The Hall–Kier alpha value is -0.920. The number of phosphoric acid groups is 1. The molecule has 0 unspecified atom stereocenters. The lowest BCUT2D eigenvalue weighted by Gasteiger charge is -2.06. The Labute approximate surface area is 85.3 Å². The van der Waals surface area contributed by atoms with Gasteiger partial charge in [0.05, 0.1) is 4.90 Å². The predicted octanol–water partition coefficient (Wildman–Crippen LogP) is 0.405. The van der Waals surface area contributed by atoms with Crippen LogP contribution in [0.5, 0.6) is 5.75 Å². The Morgan fingerprint density at radius 1 is 1.13 bits per heavy atom. The molecule has 0 atom stereocenters. The van der Waals surface area contributed by atoms with Crippen LogP contribution in [0.1, 0.15) is 0 Å². The van der Waals surface area contributed by atoms with Crippen LogP contribution in [0.2, 0.25) is 0 Å². The van der Waals surface area contributed by atoms with Crippen molar-refractivity contribution >= 4 is 17.9 Å². The van der Waals surface area contributed by atoms with Crippen LogP contribution in [0.3, 0.4) is 0 Å². The van der Waals surface area contributed by atoms with Crippen molar-refractivity contribution < 1.29 is 31.8 Å². The highest BCUT2D eigenvalue weighted by atomic mass is 32.2. The molecule has 0 saturated carbocycles. The summed E-state index contributed by atoms with van der Waals surface area (Å²) in [5.74, 6) is -0.198. The van der Waals surface area contributed by atoms with Crippen LogP contribution in [0.25, 0.3) is 0 Å². The van der Waals surface area contributed by atoms with Gasteiger partial charge in [-0.3, -0.25) is 14.3 Å². The molecule has 0 radical (unpaired) electrons. The summed E-state index contributed by atoms with van der Waals surface area (Å²) in [7, 11) is -8.97. The minimum absolute atomic E-state index is 0.198.